The van der Waals surface area contributed by atoms with Crippen LogP contribution < -0.4 is 0 Å². The minimum Gasteiger partial charge on any atom is -0.483 e. The second-order valence-electron chi connectivity index (χ2n) is 3.14. The van der Waals surface area contributed by atoms with Crippen molar-refractivity contribution in [3.05, 3.63) is 29.8 Å². The SMILES string of the molecule is CCOC=NS(=O)(=O)c1ccc(CC)cc1. The maximum absolute atomic E-state index is 11.6. The first-order valence-corrected chi connectivity index (χ1v) is 6.53. The van der Waals surface area contributed by atoms with Crippen LogP contribution in [0.3, 0.4) is 0 Å². The van der Waals surface area contributed by atoms with Gasteiger partial charge in [0.25, 0.3) is 10.0 Å². The van der Waals surface area contributed by atoms with E-state index in [9.17, 15) is 8.42 Å². The van der Waals surface area contributed by atoms with Crippen molar-refractivity contribution in [2.24, 2.45) is 4.40 Å². The van der Waals surface area contributed by atoms with Crippen molar-refractivity contribution in [1.29, 1.82) is 0 Å². The van der Waals surface area contributed by atoms with Crippen molar-refractivity contribution < 1.29 is 13.2 Å². The van der Waals surface area contributed by atoms with Crippen LogP contribution >= 0.6 is 0 Å². The maximum Gasteiger partial charge on any atom is 0.285 e. The van der Waals surface area contributed by atoms with Gasteiger partial charge in [-0.05, 0) is 31.0 Å². The van der Waals surface area contributed by atoms with E-state index >= 15 is 0 Å². The van der Waals surface area contributed by atoms with Crippen molar-refractivity contribution in [2.45, 2.75) is 25.2 Å². The lowest BCUT2D eigenvalue weighted by Crippen LogP contribution is -1.99. The zero-order valence-electron chi connectivity index (χ0n) is 9.38. The van der Waals surface area contributed by atoms with E-state index in [-0.39, 0.29) is 4.90 Å². The summed E-state index contributed by atoms with van der Waals surface area (Å²) in [7, 11) is -3.61. The molecule has 0 heterocycles. The Morgan fingerprint density at radius 3 is 2.38 bits per heavy atom. The van der Waals surface area contributed by atoms with E-state index in [4.69, 9.17) is 4.74 Å². The Morgan fingerprint density at radius 2 is 1.88 bits per heavy atom. The lowest BCUT2D eigenvalue weighted by molar-refractivity contribution is 0.344. The third-order valence-corrected chi connectivity index (χ3v) is 3.28. The minimum atomic E-state index is -3.61. The van der Waals surface area contributed by atoms with Gasteiger partial charge in [-0.3, -0.25) is 0 Å². The third-order valence-electron chi connectivity index (χ3n) is 2.05. The number of ether oxygens (including phenoxy) is 1. The molecule has 0 amide bonds. The third kappa shape index (κ3) is 3.34. The van der Waals surface area contributed by atoms with Crippen LogP contribution in [0.15, 0.2) is 33.6 Å². The monoisotopic (exact) mass is 241 g/mol. The van der Waals surface area contributed by atoms with Gasteiger partial charge >= 0.3 is 0 Å². The molecule has 0 saturated heterocycles. The number of rotatable bonds is 5. The molecule has 0 aliphatic rings. The van der Waals surface area contributed by atoms with E-state index < -0.39 is 10.0 Å². The van der Waals surface area contributed by atoms with Crippen molar-refractivity contribution >= 4 is 16.4 Å². The molecule has 1 aromatic rings. The fraction of sp³-hybridized carbons (Fsp3) is 0.364. The first-order chi connectivity index (χ1) is 7.60. The molecular weight excluding hydrogens is 226 g/mol. The number of hydrogen-bond acceptors (Lipinski definition) is 3. The molecule has 0 aliphatic carbocycles. The molecule has 0 aromatic heterocycles. The predicted molar refractivity (Wildman–Crippen MR) is 63.1 cm³/mol. The summed E-state index contributed by atoms with van der Waals surface area (Å²) in [5.41, 5.74) is 1.09. The molecule has 1 aromatic carbocycles. The average molecular weight is 241 g/mol. The summed E-state index contributed by atoms with van der Waals surface area (Å²) >= 11 is 0. The summed E-state index contributed by atoms with van der Waals surface area (Å²) in [6.45, 7) is 4.17. The van der Waals surface area contributed by atoms with Gasteiger partial charge in [0.1, 0.15) is 0 Å². The molecule has 0 atom stereocenters. The molecule has 5 heteroatoms. The van der Waals surface area contributed by atoms with Gasteiger partial charge in [-0.2, -0.15) is 8.42 Å². The van der Waals surface area contributed by atoms with Crippen molar-refractivity contribution in [1.82, 2.24) is 0 Å². The minimum absolute atomic E-state index is 0.181. The summed E-state index contributed by atoms with van der Waals surface area (Å²) in [6.07, 6.45) is 1.84. The molecule has 88 valence electrons. The second-order valence-corrected chi connectivity index (χ2v) is 4.77. The van der Waals surface area contributed by atoms with Crippen LogP contribution in [0.4, 0.5) is 0 Å². The highest BCUT2D eigenvalue weighted by Gasteiger charge is 2.10. The zero-order valence-corrected chi connectivity index (χ0v) is 10.2. The van der Waals surface area contributed by atoms with E-state index in [0.29, 0.717) is 6.61 Å². The molecule has 0 bridgehead atoms. The van der Waals surface area contributed by atoms with Crippen LogP contribution in [0.2, 0.25) is 0 Å². The highest BCUT2D eigenvalue weighted by Crippen LogP contribution is 2.13. The van der Waals surface area contributed by atoms with E-state index in [2.05, 4.69) is 4.40 Å². The lowest BCUT2D eigenvalue weighted by atomic mass is 10.2. The summed E-state index contributed by atoms with van der Waals surface area (Å²) in [5.74, 6) is 0. The van der Waals surface area contributed by atoms with E-state index in [1.807, 2.05) is 6.92 Å². The van der Waals surface area contributed by atoms with E-state index in [1.165, 1.54) is 0 Å². The molecule has 16 heavy (non-hydrogen) atoms. The Kier molecular flexibility index (Phi) is 4.49. The Balaban J connectivity index is 2.90. The molecule has 0 N–H and O–H groups in total. The fourth-order valence-corrected chi connectivity index (χ4v) is 1.90. The first-order valence-electron chi connectivity index (χ1n) is 5.09. The number of aryl methyl sites for hydroxylation is 1. The molecule has 4 nitrogen and oxygen atoms in total. The molecule has 0 saturated carbocycles. The molecular formula is C11H15NO3S. The van der Waals surface area contributed by atoms with E-state index in [0.717, 1.165) is 18.4 Å². The Morgan fingerprint density at radius 1 is 1.25 bits per heavy atom. The number of sulfonamides is 1. The van der Waals surface area contributed by atoms with Gasteiger partial charge in [0.2, 0.25) is 0 Å². The topological polar surface area (TPSA) is 55.7 Å². The Labute approximate surface area is 96.0 Å². The molecule has 0 radical (unpaired) electrons. The molecule has 0 aliphatic heterocycles. The van der Waals surface area contributed by atoms with Crippen LogP contribution in [-0.2, 0) is 21.2 Å². The number of benzene rings is 1. The van der Waals surface area contributed by atoms with E-state index in [1.54, 1.807) is 31.2 Å². The smallest absolute Gasteiger partial charge is 0.285 e. The predicted octanol–water partition coefficient (Wildman–Crippen LogP) is 2.00. The van der Waals surface area contributed by atoms with Crippen LogP contribution in [0.5, 0.6) is 0 Å². The molecule has 0 fully saturated rings. The van der Waals surface area contributed by atoms with Gasteiger partial charge in [0.15, 0.2) is 6.40 Å². The van der Waals surface area contributed by atoms with Gasteiger partial charge < -0.3 is 4.74 Å². The summed E-state index contributed by atoms with van der Waals surface area (Å²) in [6, 6.07) is 6.67. The lowest BCUT2D eigenvalue weighted by Gasteiger charge is -2.00. The van der Waals surface area contributed by atoms with Gasteiger partial charge in [0.05, 0.1) is 11.5 Å². The fourth-order valence-electron chi connectivity index (χ4n) is 1.12. The van der Waals surface area contributed by atoms with Crippen LogP contribution in [0, 0.1) is 0 Å². The van der Waals surface area contributed by atoms with Gasteiger partial charge in [-0.15, -0.1) is 4.40 Å². The van der Waals surface area contributed by atoms with Gasteiger partial charge in [-0.25, -0.2) is 0 Å². The van der Waals surface area contributed by atoms with Crippen LogP contribution in [0.25, 0.3) is 0 Å². The first kappa shape index (κ1) is 12.7. The molecule has 0 spiro atoms. The highest BCUT2D eigenvalue weighted by molar-refractivity contribution is 7.90. The normalized spacial score (nSPS) is 11.9. The molecule has 0 unspecified atom stereocenters. The zero-order chi connectivity index (χ0) is 12.0. The van der Waals surface area contributed by atoms with Crippen molar-refractivity contribution in [2.75, 3.05) is 6.61 Å². The van der Waals surface area contributed by atoms with Gasteiger partial charge in [0, 0.05) is 0 Å². The van der Waals surface area contributed by atoms with Crippen LogP contribution in [0.1, 0.15) is 19.4 Å². The Bertz CT molecular complexity index is 449. The van der Waals surface area contributed by atoms with Gasteiger partial charge in [-0.1, -0.05) is 19.1 Å². The Hall–Kier alpha value is -1.36. The standard InChI is InChI=1S/C11H15NO3S/c1-3-10-5-7-11(8-6-10)16(13,14)12-9-15-4-2/h5-9H,3-4H2,1-2H3. The van der Waals surface area contributed by atoms with Crippen LogP contribution in [-0.4, -0.2) is 21.4 Å². The number of hydrogen-bond donors (Lipinski definition) is 0. The maximum atomic E-state index is 11.6. The quantitative estimate of drug-likeness (QED) is 0.585. The second kappa shape index (κ2) is 5.65. The largest absolute Gasteiger partial charge is 0.483 e. The molecule has 1 rings (SSSR count). The number of nitrogens with zero attached hydrogens (tertiary/aromatic N) is 1. The average Bonchev–Trinajstić information content (AvgIpc) is 2.29. The van der Waals surface area contributed by atoms with Crippen molar-refractivity contribution in [3.8, 4) is 0 Å². The summed E-state index contributed by atoms with van der Waals surface area (Å²) in [5, 5.41) is 0. The summed E-state index contributed by atoms with van der Waals surface area (Å²) < 4.78 is 31.4. The summed E-state index contributed by atoms with van der Waals surface area (Å²) in [4.78, 5) is 0.181. The highest BCUT2D eigenvalue weighted by atomic mass is 32.2. The van der Waals surface area contributed by atoms with Crippen molar-refractivity contribution in [3.63, 3.8) is 0 Å².